The largest absolute Gasteiger partial charge is 0.336 e. The Balaban J connectivity index is 1.57. The van der Waals surface area contributed by atoms with Crippen LogP contribution in [0.4, 0.5) is 4.79 Å². The molecule has 0 radical (unpaired) electrons. The molecule has 4 amide bonds. The maximum absolute atomic E-state index is 13.3. The lowest BCUT2D eigenvalue weighted by Crippen LogP contribution is -2.56. The van der Waals surface area contributed by atoms with E-state index in [4.69, 9.17) is 0 Å². The van der Waals surface area contributed by atoms with Crippen LogP contribution in [-0.2, 0) is 16.6 Å². The molecule has 1 saturated carbocycles. The molecule has 0 aromatic carbocycles. The van der Waals surface area contributed by atoms with Crippen LogP contribution in [0.1, 0.15) is 44.5 Å². The van der Waals surface area contributed by atoms with Crippen LogP contribution in [-0.4, -0.2) is 68.4 Å². The van der Waals surface area contributed by atoms with Gasteiger partial charge in [0.05, 0.1) is 0 Å². The summed E-state index contributed by atoms with van der Waals surface area (Å²) in [4.78, 5) is 46.0. The van der Waals surface area contributed by atoms with E-state index < -0.39 is 17.6 Å². The third kappa shape index (κ3) is 2.80. The lowest BCUT2D eigenvalue weighted by Gasteiger charge is -2.38. The molecule has 27 heavy (non-hydrogen) atoms. The minimum atomic E-state index is -0.835. The highest BCUT2D eigenvalue weighted by molar-refractivity contribution is 6.10. The van der Waals surface area contributed by atoms with Crippen molar-refractivity contribution in [2.45, 2.75) is 50.2 Å². The number of rotatable bonds is 3. The van der Waals surface area contributed by atoms with Gasteiger partial charge in [0.2, 0.25) is 5.91 Å². The first-order valence-corrected chi connectivity index (χ1v) is 9.59. The Morgan fingerprint density at radius 2 is 2.07 bits per heavy atom. The molecule has 9 nitrogen and oxygen atoms in total. The minimum absolute atomic E-state index is 0.219. The highest BCUT2D eigenvalue weighted by atomic mass is 16.2. The van der Waals surface area contributed by atoms with E-state index in [9.17, 15) is 14.4 Å². The van der Waals surface area contributed by atoms with Crippen LogP contribution in [0.2, 0.25) is 0 Å². The Labute approximate surface area is 158 Å². The minimum Gasteiger partial charge on any atom is -0.336 e. The highest BCUT2D eigenvalue weighted by Gasteiger charge is 2.55. The molecule has 2 aliphatic heterocycles. The maximum atomic E-state index is 13.3. The van der Waals surface area contributed by atoms with E-state index in [1.165, 1.54) is 0 Å². The number of carbonyl (C=O) groups excluding carboxylic acids is 3. The average molecular weight is 374 g/mol. The second kappa shape index (κ2) is 6.63. The Morgan fingerprint density at radius 1 is 1.33 bits per heavy atom. The van der Waals surface area contributed by atoms with Gasteiger partial charge in [0, 0.05) is 39.1 Å². The number of imidazole rings is 1. The molecule has 2 saturated heterocycles. The first-order valence-electron chi connectivity index (χ1n) is 9.59. The molecular formula is C18H26N6O3. The fourth-order valence-corrected chi connectivity index (χ4v) is 4.56. The van der Waals surface area contributed by atoms with E-state index in [1.54, 1.807) is 18.0 Å². The summed E-state index contributed by atoms with van der Waals surface area (Å²) in [5.74, 6) is 0.310. The third-order valence-corrected chi connectivity index (χ3v) is 6.08. The molecule has 1 aromatic rings. The van der Waals surface area contributed by atoms with Gasteiger partial charge in [-0.05, 0) is 19.8 Å². The smallest absolute Gasteiger partial charge is 0.325 e. The van der Waals surface area contributed by atoms with E-state index in [0.717, 1.165) is 23.6 Å². The summed E-state index contributed by atoms with van der Waals surface area (Å²) in [6.45, 7) is 3.41. The van der Waals surface area contributed by atoms with Crippen molar-refractivity contribution in [2.75, 3.05) is 19.6 Å². The maximum Gasteiger partial charge on any atom is 0.325 e. The van der Waals surface area contributed by atoms with Crippen molar-refractivity contribution in [1.82, 2.24) is 30.0 Å². The van der Waals surface area contributed by atoms with Crippen LogP contribution < -0.4 is 10.6 Å². The van der Waals surface area contributed by atoms with Crippen molar-refractivity contribution in [1.29, 1.82) is 0 Å². The van der Waals surface area contributed by atoms with Gasteiger partial charge < -0.3 is 20.1 Å². The first kappa shape index (κ1) is 18.0. The molecule has 2 N–H and O–H groups in total. The Morgan fingerprint density at radius 3 is 2.74 bits per heavy atom. The van der Waals surface area contributed by atoms with E-state index in [1.807, 2.05) is 17.8 Å². The zero-order valence-electron chi connectivity index (χ0n) is 15.8. The number of urea groups is 1. The molecule has 2 unspecified atom stereocenters. The zero-order chi connectivity index (χ0) is 19.2. The molecule has 146 valence electrons. The van der Waals surface area contributed by atoms with Crippen molar-refractivity contribution in [3.63, 3.8) is 0 Å². The molecule has 3 heterocycles. The van der Waals surface area contributed by atoms with Gasteiger partial charge in [-0.15, -0.1) is 0 Å². The number of aryl methyl sites for hydroxylation is 1. The molecule has 1 spiro atoms. The molecule has 1 aliphatic carbocycles. The van der Waals surface area contributed by atoms with Crippen molar-refractivity contribution in [2.24, 2.45) is 7.05 Å². The van der Waals surface area contributed by atoms with E-state index >= 15 is 0 Å². The van der Waals surface area contributed by atoms with Crippen molar-refractivity contribution < 1.29 is 14.4 Å². The predicted octanol–water partition coefficient (Wildman–Crippen LogP) is 0.146. The van der Waals surface area contributed by atoms with Gasteiger partial charge in [-0.25, -0.2) is 14.7 Å². The second-order valence-electron chi connectivity index (χ2n) is 7.72. The number of nitrogens with zero attached hydrogens (tertiary/aromatic N) is 4. The Kier molecular flexibility index (Phi) is 4.41. The zero-order valence-corrected chi connectivity index (χ0v) is 15.8. The number of piperazine rings is 1. The normalized spacial score (nSPS) is 25.9. The van der Waals surface area contributed by atoms with Gasteiger partial charge in [0.15, 0.2) is 0 Å². The molecule has 2 atom stereocenters. The van der Waals surface area contributed by atoms with Gasteiger partial charge in [-0.1, -0.05) is 12.8 Å². The van der Waals surface area contributed by atoms with Crippen LogP contribution in [0, 0.1) is 0 Å². The third-order valence-electron chi connectivity index (χ3n) is 6.08. The summed E-state index contributed by atoms with van der Waals surface area (Å²) in [6.07, 6.45) is 6.69. The molecule has 0 bridgehead atoms. The lowest BCUT2D eigenvalue weighted by molar-refractivity contribution is -0.145. The topological polar surface area (TPSA) is 99.6 Å². The molecule has 3 fully saturated rings. The summed E-state index contributed by atoms with van der Waals surface area (Å²) in [6, 6.07) is -1.51. The molecule has 3 aliphatic rings. The number of hydrogen-bond donors (Lipinski definition) is 2. The molecular weight excluding hydrogens is 348 g/mol. The number of carbonyl (C=O) groups is 3. The standard InChI is InChI=1S/C18H26N6O3/c1-12(24-16(26)18(21-17(24)27)5-3-4-6-18)15(25)23-10-7-19-11-13(23)14-20-8-9-22(14)2/h8-9,12-13,19H,3-7,10-11H2,1-2H3,(H,21,27). The molecule has 4 rings (SSSR count). The van der Waals surface area contributed by atoms with Gasteiger partial charge >= 0.3 is 6.03 Å². The monoisotopic (exact) mass is 374 g/mol. The number of hydrogen-bond acceptors (Lipinski definition) is 5. The molecule has 9 heteroatoms. The van der Waals surface area contributed by atoms with Crippen molar-refractivity contribution in [3.8, 4) is 0 Å². The number of amides is 4. The SMILES string of the molecule is CC(C(=O)N1CCNCC1c1nccn1C)N1C(=O)NC2(CCCC2)C1=O. The Bertz CT molecular complexity index is 769. The van der Waals surface area contributed by atoms with Gasteiger partial charge in [-0.3, -0.25) is 9.59 Å². The molecule has 1 aromatic heterocycles. The summed E-state index contributed by atoms with van der Waals surface area (Å²) in [5.41, 5.74) is -0.797. The van der Waals surface area contributed by atoms with Gasteiger partial charge in [-0.2, -0.15) is 0 Å². The Hall–Kier alpha value is -2.42. The van der Waals surface area contributed by atoms with Gasteiger partial charge in [0.1, 0.15) is 23.4 Å². The van der Waals surface area contributed by atoms with Gasteiger partial charge in [0.25, 0.3) is 5.91 Å². The van der Waals surface area contributed by atoms with Crippen LogP contribution in [0.3, 0.4) is 0 Å². The predicted molar refractivity (Wildman–Crippen MR) is 96.6 cm³/mol. The van der Waals surface area contributed by atoms with E-state index in [2.05, 4.69) is 15.6 Å². The lowest BCUT2D eigenvalue weighted by atomic mass is 9.97. The highest BCUT2D eigenvalue weighted by Crippen LogP contribution is 2.36. The van der Waals surface area contributed by atoms with E-state index in [-0.39, 0.29) is 17.9 Å². The van der Waals surface area contributed by atoms with Crippen LogP contribution in [0.5, 0.6) is 0 Å². The van der Waals surface area contributed by atoms with E-state index in [0.29, 0.717) is 32.5 Å². The summed E-state index contributed by atoms with van der Waals surface area (Å²) in [7, 11) is 1.89. The van der Waals surface area contributed by atoms with Crippen LogP contribution >= 0.6 is 0 Å². The second-order valence-corrected chi connectivity index (χ2v) is 7.72. The quantitative estimate of drug-likeness (QED) is 0.734. The van der Waals surface area contributed by atoms with Crippen molar-refractivity contribution >= 4 is 17.8 Å². The number of aromatic nitrogens is 2. The van der Waals surface area contributed by atoms with Crippen molar-refractivity contribution in [3.05, 3.63) is 18.2 Å². The fourth-order valence-electron chi connectivity index (χ4n) is 4.56. The van der Waals surface area contributed by atoms with Crippen LogP contribution in [0.25, 0.3) is 0 Å². The number of imide groups is 1. The number of nitrogens with one attached hydrogen (secondary N) is 2. The summed E-state index contributed by atoms with van der Waals surface area (Å²) in [5, 5.41) is 6.15. The summed E-state index contributed by atoms with van der Waals surface area (Å²) < 4.78 is 1.89. The fraction of sp³-hybridized carbons (Fsp3) is 0.667. The van der Waals surface area contributed by atoms with Crippen LogP contribution in [0.15, 0.2) is 12.4 Å². The average Bonchev–Trinajstić information content (AvgIpc) is 3.35. The summed E-state index contributed by atoms with van der Waals surface area (Å²) >= 11 is 0. The first-order chi connectivity index (χ1) is 12.9.